The summed E-state index contributed by atoms with van der Waals surface area (Å²) in [5.41, 5.74) is -1.80. The number of nitrogens with one attached hydrogen (secondary N) is 1. The Labute approximate surface area is 179 Å². The minimum Gasteiger partial charge on any atom is -0.423 e. The van der Waals surface area contributed by atoms with E-state index < -0.39 is 28.1 Å². The number of rotatable bonds is 7. The summed E-state index contributed by atoms with van der Waals surface area (Å²) in [6.07, 6.45) is 0. The van der Waals surface area contributed by atoms with Crippen molar-refractivity contribution in [2.75, 3.05) is 20.3 Å². The molecule has 0 bridgehead atoms. The molecule has 0 unspecified atom stereocenters. The Hall–Kier alpha value is -3.76. The van der Waals surface area contributed by atoms with Crippen molar-refractivity contribution in [3.63, 3.8) is 0 Å². The number of carbonyl (C=O) groups excluding carboxylic acids is 2. The number of nitro benzene ring substituents is 1. The van der Waals surface area contributed by atoms with Gasteiger partial charge >= 0.3 is 11.6 Å². The molecule has 0 spiro atoms. The first-order chi connectivity index (χ1) is 14.8. The van der Waals surface area contributed by atoms with E-state index in [4.69, 9.17) is 25.5 Å². The van der Waals surface area contributed by atoms with Gasteiger partial charge in [0, 0.05) is 36.2 Å². The third-order valence-electron chi connectivity index (χ3n) is 4.13. The average Bonchev–Trinajstić information content (AvgIpc) is 2.73. The van der Waals surface area contributed by atoms with Gasteiger partial charge in [-0.1, -0.05) is 11.6 Å². The van der Waals surface area contributed by atoms with E-state index in [1.165, 1.54) is 43.5 Å². The number of halogens is 1. The fourth-order valence-electron chi connectivity index (χ4n) is 2.67. The summed E-state index contributed by atoms with van der Waals surface area (Å²) < 4.78 is 15.2. The van der Waals surface area contributed by atoms with Gasteiger partial charge in [0.1, 0.15) is 22.5 Å². The third kappa shape index (κ3) is 5.05. The highest BCUT2D eigenvalue weighted by Crippen LogP contribution is 2.26. The molecule has 0 saturated carbocycles. The van der Waals surface area contributed by atoms with Gasteiger partial charge in [-0.2, -0.15) is 0 Å². The molecule has 0 saturated heterocycles. The van der Waals surface area contributed by atoms with E-state index in [1.54, 1.807) is 0 Å². The Morgan fingerprint density at radius 1 is 1.16 bits per heavy atom. The fraction of sp³-hybridized carbons (Fsp3) is 0.150. The first-order valence-electron chi connectivity index (χ1n) is 8.81. The smallest absolute Gasteiger partial charge is 0.350 e. The topological polar surface area (TPSA) is 138 Å². The lowest BCUT2D eigenvalue weighted by Gasteiger charge is -2.07. The van der Waals surface area contributed by atoms with Crippen LogP contribution in [0.1, 0.15) is 20.7 Å². The van der Waals surface area contributed by atoms with Crippen LogP contribution < -0.4 is 15.7 Å². The molecule has 2 aromatic carbocycles. The van der Waals surface area contributed by atoms with Crippen LogP contribution in [0.5, 0.6) is 5.75 Å². The van der Waals surface area contributed by atoms with Crippen molar-refractivity contribution in [3.05, 3.63) is 79.1 Å². The van der Waals surface area contributed by atoms with Gasteiger partial charge in [0.05, 0.1) is 11.5 Å². The normalized spacial score (nSPS) is 10.6. The van der Waals surface area contributed by atoms with Gasteiger partial charge in [-0.3, -0.25) is 14.9 Å². The van der Waals surface area contributed by atoms with E-state index in [2.05, 4.69) is 5.32 Å². The SMILES string of the molecule is COCCNC(=O)c1cc2ccc(OC(=O)c3ccc(Cl)cc3[N+](=O)[O-])cc2oc1=O. The molecular formula is C20H15ClN2O8. The number of nitro groups is 1. The molecule has 0 aliphatic heterocycles. The Kier molecular flexibility index (Phi) is 6.63. The molecule has 31 heavy (non-hydrogen) atoms. The highest BCUT2D eigenvalue weighted by Gasteiger charge is 2.23. The minimum absolute atomic E-state index is 0.0119. The van der Waals surface area contributed by atoms with Crippen molar-refractivity contribution < 1.29 is 28.4 Å². The molecule has 1 aromatic heterocycles. The van der Waals surface area contributed by atoms with Crippen LogP contribution in [0.3, 0.4) is 0 Å². The van der Waals surface area contributed by atoms with E-state index in [1.807, 2.05) is 0 Å². The number of methoxy groups -OCH3 is 1. The van der Waals surface area contributed by atoms with Crippen LogP contribution in [0.15, 0.2) is 51.7 Å². The molecule has 10 nitrogen and oxygen atoms in total. The predicted octanol–water partition coefficient (Wildman–Crippen LogP) is 2.95. The molecule has 0 aliphatic rings. The van der Waals surface area contributed by atoms with E-state index in [9.17, 15) is 24.5 Å². The zero-order valence-electron chi connectivity index (χ0n) is 16.0. The molecule has 3 rings (SSSR count). The van der Waals surface area contributed by atoms with Crippen molar-refractivity contribution in [1.82, 2.24) is 5.32 Å². The van der Waals surface area contributed by atoms with E-state index in [0.29, 0.717) is 5.39 Å². The summed E-state index contributed by atoms with van der Waals surface area (Å²) in [5, 5.41) is 14.2. The Bertz CT molecular complexity index is 1240. The maximum atomic E-state index is 12.4. The van der Waals surface area contributed by atoms with E-state index in [0.717, 1.165) is 6.07 Å². The van der Waals surface area contributed by atoms with Gasteiger partial charge < -0.3 is 19.2 Å². The highest BCUT2D eigenvalue weighted by molar-refractivity contribution is 6.31. The summed E-state index contributed by atoms with van der Waals surface area (Å²) in [6, 6.07) is 9.03. The van der Waals surface area contributed by atoms with Gasteiger partial charge in [-0.15, -0.1) is 0 Å². The van der Waals surface area contributed by atoms with Crippen molar-refractivity contribution in [2.24, 2.45) is 0 Å². The van der Waals surface area contributed by atoms with Gasteiger partial charge in [-0.05, 0) is 30.3 Å². The quantitative estimate of drug-likeness (QED) is 0.146. The maximum Gasteiger partial charge on any atom is 0.350 e. The van der Waals surface area contributed by atoms with Crippen LogP contribution in [-0.4, -0.2) is 37.1 Å². The number of benzene rings is 2. The molecule has 0 aliphatic carbocycles. The summed E-state index contributed by atoms with van der Waals surface area (Å²) in [5.74, 6) is -1.61. The summed E-state index contributed by atoms with van der Waals surface area (Å²) in [7, 11) is 1.48. The number of hydrogen-bond donors (Lipinski definition) is 1. The molecule has 160 valence electrons. The van der Waals surface area contributed by atoms with E-state index >= 15 is 0 Å². The van der Waals surface area contributed by atoms with Crippen molar-refractivity contribution in [1.29, 1.82) is 0 Å². The molecule has 0 atom stereocenters. The monoisotopic (exact) mass is 446 g/mol. The number of amides is 1. The number of nitrogens with zero attached hydrogens (tertiary/aromatic N) is 1. The zero-order chi connectivity index (χ0) is 22.5. The molecule has 1 amide bonds. The van der Waals surface area contributed by atoms with Crippen LogP contribution in [0, 0.1) is 10.1 Å². The lowest BCUT2D eigenvalue weighted by Crippen LogP contribution is -2.30. The number of fused-ring (bicyclic) bond motifs is 1. The first-order valence-corrected chi connectivity index (χ1v) is 9.19. The van der Waals surface area contributed by atoms with E-state index in [-0.39, 0.29) is 40.6 Å². The second-order valence-corrected chi connectivity index (χ2v) is 6.64. The molecule has 0 fully saturated rings. The van der Waals surface area contributed by atoms with Gasteiger partial charge in [0.15, 0.2) is 0 Å². The second-order valence-electron chi connectivity index (χ2n) is 6.20. The first kappa shape index (κ1) is 21.9. The molecule has 11 heteroatoms. The highest BCUT2D eigenvalue weighted by atomic mass is 35.5. The van der Waals surface area contributed by atoms with Gasteiger partial charge in [0.25, 0.3) is 11.6 Å². The average molecular weight is 447 g/mol. The predicted molar refractivity (Wildman–Crippen MR) is 110 cm³/mol. The summed E-state index contributed by atoms with van der Waals surface area (Å²) in [4.78, 5) is 47.1. The van der Waals surface area contributed by atoms with Gasteiger partial charge in [0.2, 0.25) is 0 Å². The Morgan fingerprint density at radius 2 is 1.94 bits per heavy atom. The molecule has 1 N–H and O–H groups in total. The second kappa shape index (κ2) is 9.37. The number of esters is 1. The standard InChI is InChI=1S/C20H15ClN2O8/c1-29-7-6-22-18(24)15-8-11-2-4-13(10-17(11)31-20(15)26)30-19(25)14-5-3-12(21)9-16(14)23(27)28/h2-5,8-10H,6-7H2,1H3,(H,22,24). The number of carbonyl (C=O) groups is 2. The number of hydrogen-bond acceptors (Lipinski definition) is 8. The van der Waals surface area contributed by atoms with Crippen molar-refractivity contribution >= 4 is 40.1 Å². The lowest BCUT2D eigenvalue weighted by atomic mass is 10.1. The van der Waals surface area contributed by atoms with Crippen LogP contribution in [0.4, 0.5) is 5.69 Å². The summed E-state index contributed by atoms with van der Waals surface area (Å²) in [6.45, 7) is 0.504. The maximum absolute atomic E-state index is 12.4. The van der Waals surface area contributed by atoms with Crippen LogP contribution in [-0.2, 0) is 4.74 Å². The van der Waals surface area contributed by atoms with Crippen LogP contribution >= 0.6 is 11.6 Å². The molecule has 3 aromatic rings. The van der Waals surface area contributed by atoms with Crippen LogP contribution in [0.2, 0.25) is 5.02 Å². The van der Waals surface area contributed by atoms with Crippen molar-refractivity contribution in [3.8, 4) is 5.75 Å². The largest absolute Gasteiger partial charge is 0.423 e. The molecular weight excluding hydrogens is 432 g/mol. The lowest BCUT2D eigenvalue weighted by molar-refractivity contribution is -0.385. The van der Waals surface area contributed by atoms with Crippen LogP contribution in [0.25, 0.3) is 11.0 Å². The van der Waals surface area contributed by atoms with Gasteiger partial charge in [-0.25, -0.2) is 9.59 Å². The molecule has 1 heterocycles. The fourth-order valence-corrected chi connectivity index (χ4v) is 2.83. The molecule has 0 radical (unpaired) electrons. The van der Waals surface area contributed by atoms with Crippen molar-refractivity contribution in [2.45, 2.75) is 0 Å². The number of ether oxygens (including phenoxy) is 2. The zero-order valence-corrected chi connectivity index (χ0v) is 16.8. The third-order valence-corrected chi connectivity index (χ3v) is 4.37. The Balaban J connectivity index is 1.86. The Morgan fingerprint density at radius 3 is 2.65 bits per heavy atom. The minimum atomic E-state index is -0.987. The summed E-state index contributed by atoms with van der Waals surface area (Å²) >= 11 is 5.74.